The third kappa shape index (κ3) is 6.57. The Labute approximate surface area is 381 Å². The van der Waals surface area contributed by atoms with Gasteiger partial charge in [0.1, 0.15) is 0 Å². The van der Waals surface area contributed by atoms with Crippen LogP contribution in [0.15, 0.2) is 243 Å². The molecule has 0 atom stereocenters. The second-order valence-electron chi connectivity index (χ2n) is 17.8. The van der Waals surface area contributed by atoms with E-state index in [-0.39, 0.29) is 5.41 Å². The number of anilines is 3. The molecule has 11 aromatic rings. The first kappa shape index (κ1) is 38.5. The molecule has 10 aromatic carbocycles. The molecule has 0 fully saturated rings. The second kappa shape index (κ2) is 15.6. The number of aromatic nitrogens is 1. The van der Waals surface area contributed by atoms with Crippen molar-refractivity contribution in [2.45, 2.75) is 19.3 Å². The van der Waals surface area contributed by atoms with Crippen LogP contribution in [0.2, 0.25) is 0 Å². The van der Waals surface area contributed by atoms with Crippen LogP contribution in [-0.4, -0.2) is 4.57 Å². The fourth-order valence-corrected chi connectivity index (χ4v) is 10.3. The lowest BCUT2D eigenvalue weighted by molar-refractivity contribution is 0.660. The SMILES string of the molecule is CC1(C)c2ccccc2-c2ccc(N(c3ccc(-c4ccccc4)cc3)c3ccc(-c4ccc5c(c4)c(-c4ccccc4)c(-c4ccccc4)n5-c4ccc5ccccc5c4)cc3)cc21. The summed E-state index contributed by atoms with van der Waals surface area (Å²) in [6, 6.07) is 88.9. The van der Waals surface area contributed by atoms with E-state index >= 15 is 0 Å². The summed E-state index contributed by atoms with van der Waals surface area (Å²) in [5.74, 6) is 0. The Morgan fingerprint density at radius 1 is 0.354 bits per heavy atom. The summed E-state index contributed by atoms with van der Waals surface area (Å²) in [5, 5.41) is 3.67. The zero-order valence-electron chi connectivity index (χ0n) is 36.5. The molecular formula is C63H46N2. The van der Waals surface area contributed by atoms with E-state index in [1.807, 2.05) is 0 Å². The maximum absolute atomic E-state index is 2.46. The summed E-state index contributed by atoms with van der Waals surface area (Å²) < 4.78 is 2.46. The zero-order chi connectivity index (χ0) is 43.5. The maximum Gasteiger partial charge on any atom is 0.0619 e. The molecule has 0 radical (unpaired) electrons. The smallest absolute Gasteiger partial charge is 0.0619 e. The van der Waals surface area contributed by atoms with Crippen LogP contribution >= 0.6 is 0 Å². The normalized spacial score (nSPS) is 12.6. The van der Waals surface area contributed by atoms with Crippen molar-refractivity contribution in [1.82, 2.24) is 4.57 Å². The van der Waals surface area contributed by atoms with Gasteiger partial charge in [-0.2, -0.15) is 0 Å². The number of hydrogen-bond acceptors (Lipinski definition) is 1. The Bertz CT molecular complexity index is 3530. The average Bonchev–Trinajstić information content (AvgIpc) is 3.83. The van der Waals surface area contributed by atoms with Crippen LogP contribution in [0.25, 0.3) is 83.1 Å². The Hall–Kier alpha value is -8.20. The molecule has 0 aliphatic heterocycles. The molecule has 12 rings (SSSR count). The molecule has 1 aliphatic carbocycles. The lowest BCUT2D eigenvalue weighted by Crippen LogP contribution is -2.16. The first-order chi connectivity index (χ1) is 32.0. The van der Waals surface area contributed by atoms with E-state index < -0.39 is 0 Å². The van der Waals surface area contributed by atoms with Gasteiger partial charge in [-0.05, 0) is 127 Å². The molecule has 1 aromatic heterocycles. The van der Waals surface area contributed by atoms with Gasteiger partial charge >= 0.3 is 0 Å². The van der Waals surface area contributed by atoms with Crippen LogP contribution in [0.5, 0.6) is 0 Å². The molecule has 0 spiro atoms. The van der Waals surface area contributed by atoms with Gasteiger partial charge in [-0.15, -0.1) is 0 Å². The van der Waals surface area contributed by atoms with Crippen molar-refractivity contribution in [2.24, 2.45) is 0 Å². The van der Waals surface area contributed by atoms with Gasteiger partial charge in [0.2, 0.25) is 0 Å². The van der Waals surface area contributed by atoms with E-state index in [0.717, 1.165) is 22.7 Å². The first-order valence-electron chi connectivity index (χ1n) is 22.6. The number of benzene rings is 10. The van der Waals surface area contributed by atoms with Crippen molar-refractivity contribution in [3.63, 3.8) is 0 Å². The van der Waals surface area contributed by atoms with E-state index in [0.29, 0.717) is 0 Å². The van der Waals surface area contributed by atoms with Gasteiger partial charge in [-0.3, -0.25) is 0 Å². The maximum atomic E-state index is 2.46. The van der Waals surface area contributed by atoms with E-state index in [1.165, 1.54) is 88.6 Å². The van der Waals surface area contributed by atoms with Gasteiger partial charge in [0.15, 0.2) is 0 Å². The summed E-state index contributed by atoms with van der Waals surface area (Å²) >= 11 is 0. The quantitative estimate of drug-likeness (QED) is 0.148. The van der Waals surface area contributed by atoms with Crippen molar-refractivity contribution < 1.29 is 0 Å². The molecular weight excluding hydrogens is 785 g/mol. The largest absolute Gasteiger partial charge is 0.310 e. The molecule has 308 valence electrons. The van der Waals surface area contributed by atoms with E-state index in [2.05, 4.69) is 266 Å². The first-order valence-corrected chi connectivity index (χ1v) is 22.6. The van der Waals surface area contributed by atoms with Gasteiger partial charge in [-0.25, -0.2) is 0 Å². The van der Waals surface area contributed by atoms with Crippen LogP contribution in [0, 0.1) is 0 Å². The average molecular weight is 831 g/mol. The Morgan fingerprint density at radius 3 is 1.57 bits per heavy atom. The number of nitrogens with zero attached hydrogens (tertiary/aromatic N) is 2. The molecule has 1 heterocycles. The van der Waals surface area contributed by atoms with Crippen molar-refractivity contribution in [3.8, 4) is 61.5 Å². The van der Waals surface area contributed by atoms with Gasteiger partial charge in [0.25, 0.3) is 0 Å². The van der Waals surface area contributed by atoms with Crippen LogP contribution < -0.4 is 4.90 Å². The Morgan fingerprint density at radius 2 is 0.877 bits per heavy atom. The predicted molar refractivity (Wildman–Crippen MR) is 275 cm³/mol. The lowest BCUT2D eigenvalue weighted by atomic mass is 9.82. The summed E-state index contributed by atoms with van der Waals surface area (Å²) in [6.07, 6.45) is 0. The minimum Gasteiger partial charge on any atom is -0.310 e. The fourth-order valence-electron chi connectivity index (χ4n) is 10.3. The molecule has 65 heavy (non-hydrogen) atoms. The third-order valence-electron chi connectivity index (χ3n) is 13.6. The minimum atomic E-state index is -0.112. The molecule has 0 bridgehead atoms. The summed E-state index contributed by atoms with van der Waals surface area (Å²) in [6.45, 7) is 4.71. The molecule has 2 nitrogen and oxygen atoms in total. The van der Waals surface area contributed by atoms with Crippen molar-refractivity contribution in [2.75, 3.05) is 4.90 Å². The Balaban J connectivity index is 0.998. The van der Waals surface area contributed by atoms with Crippen molar-refractivity contribution >= 4 is 38.7 Å². The van der Waals surface area contributed by atoms with Gasteiger partial charge in [0.05, 0.1) is 11.2 Å². The molecule has 0 saturated heterocycles. The molecule has 0 amide bonds. The van der Waals surface area contributed by atoms with E-state index in [4.69, 9.17) is 0 Å². The predicted octanol–water partition coefficient (Wildman–Crippen LogP) is 17.2. The molecule has 0 unspecified atom stereocenters. The van der Waals surface area contributed by atoms with Crippen LogP contribution in [0.4, 0.5) is 17.1 Å². The highest BCUT2D eigenvalue weighted by molar-refractivity contribution is 6.07. The summed E-state index contributed by atoms with van der Waals surface area (Å²) in [5.41, 5.74) is 20.5. The number of rotatable bonds is 8. The van der Waals surface area contributed by atoms with Crippen LogP contribution in [0.3, 0.4) is 0 Å². The molecule has 0 saturated carbocycles. The molecule has 0 N–H and O–H groups in total. The highest BCUT2D eigenvalue weighted by Crippen LogP contribution is 2.51. The van der Waals surface area contributed by atoms with E-state index in [1.54, 1.807) is 0 Å². The monoisotopic (exact) mass is 830 g/mol. The summed E-state index contributed by atoms with van der Waals surface area (Å²) in [4.78, 5) is 2.41. The zero-order valence-corrected chi connectivity index (χ0v) is 36.5. The second-order valence-corrected chi connectivity index (χ2v) is 17.8. The van der Waals surface area contributed by atoms with Gasteiger partial charge < -0.3 is 9.47 Å². The topological polar surface area (TPSA) is 8.17 Å². The lowest BCUT2D eigenvalue weighted by Gasteiger charge is -2.28. The highest BCUT2D eigenvalue weighted by Gasteiger charge is 2.35. The number of fused-ring (bicyclic) bond motifs is 5. The van der Waals surface area contributed by atoms with Crippen molar-refractivity contribution in [3.05, 3.63) is 254 Å². The van der Waals surface area contributed by atoms with Gasteiger partial charge in [0, 0.05) is 39.1 Å². The van der Waals surface area contributed by atoms with Crippen LogP contribution in [-0.2, 0) is 5.41 Å². The standard InChI is InChI=1S/C63H46N2/c1-63(2)58-25-15-14-24-55(58)56-38-37-54(42-59(56)63)64(51-32-26-45(27-33-51)43-16-6-3-7-17-43)52-34-28-46(29-35-52)50-31-39-60-57(41-50)61(47-19-8-4-9-20-47)62(48-21-10-5-11-22-48)65(60)53-36-30-44-18-12-13-23-49(44)40-53/h3-42H,1-2H3. The summed E-state index contributed by atoms with van der Waals surface area (Å²) in [7, 11) is 0. The number of hydrogen-bond donors (Lipinski definition) is 0. The third-order valence-corrected chi connectivity index (χ3v) is 13.6. The minimum absolute atomic E-state index is 0.112. The molecule has 1 aliphatic rings. The fraction of sp³-hybridized carbons (Fsp3) is 0.0476. The van der Waals surface area contributed by atoms with Crippen molar-refractivity contribution in [1.29, 1.82) is 0 Å². The van der Waals surface area contributed by atoms with E-state index in [9.17, 15) is 0 Å². The Kier molecular flexibility index (Phi) is 9.21. The van der Waals surface area contributed by atoms with Crippen LogP contribution in [0.1, 0.15) is 25.0 Å². The highest BCUT2D eigenvalue weighted by atomic mass is 15.1. The molecule has 2 heteroatoms. The van der Waals surface area contributed by atoms with Gasteiger partial charge in [-0.1, -0.05) is 196 Å².